The molecule has 3 nitrogen and oxygen atoms in total. The van der Waals surface area contributed by atoms with Crippen molar-refractivity contribution < 1.29 is 4.79 Å². The van der Waals surface area contributed by atoms with Crippen molar-refractivity contribution >= 4 is 17.0 Å². The molecule has 1 aliphatic rings. The summed E-state index contributed by atoms with van der Waals surface area (Å²) in [6.45, 7) is 4.37. The van der Waals surface area contributed by atoms with Gasteiger partial charge in [-0.15, -0.1) is 0 Å². The Kier molecular flexibility index (Phi) is 4.40. The van der Waals surface area contributed by atoms with Gasteiger partial charge in [0.2, 0.25) is 0 Å². The number of carbonyl (C=O) groups excluding carboxylic acids is 1. The second kappa shape index (κ2) is 6.03. The molecule has 92 valence electrons. The Morgan fingerprint density at radius 2 is 1.88 bits per heavy atom. The quantitative estimate of drug-likeness (QED) is 0.597. The van der Waals surface area contributed by atoms with E-state index in [9.17, 15) is 4.79 Å². The van der Waals surface area contributed by atoms with E-state index >= 15 is 0 Å². The smallest absolute Gasteiger partial charge is 0.316 e. The van der Waals surface area contributed by atoms with Gasteiger partial charge >= 0.3 is 5.37 Å². The fourth-order valence-corrected chi connectivity index (χ4v) is 2.32. The van der Waals surface area contributed by atoms with Crippen molar-refractivity contribution in [2.45, 2.75) is 13.0 Å². The number of hydrogen-bond acceptors (Lipinski definition) is 2. The third-order valence-electron chi connectivity index (χ3n) is 3.09. The van der Waals surface area contributed by atoms with Crippen LogP contribution in [-0.2, 0) is 6.54 Å². The second-order valence-electron chi connectivity index (χ2n) is 4.36. The van der Waals surface area contributed by atoms with E-state index < -0.39 is 0 Å². The van der Waals surface area contributed by atoms with Gasteiger partial charge in [0.25, 0.3) is 0 Å². The minimum absolute atomic E-state index is 0.327. The van der Waals surface area contributed by atoms with Gasteiger partial charge in [0.1, 0.15) is 0 Å². The fraction of sp³-hybridized carbons (Fsp3) is 0.462. The predicted octanol–water partition coefficient (Wildman–Crippen LogP) is 2.55. The van der Waals surface area contributed by atoms with E-state index in [1.54, 1.807) is 4.90 Å². The van der Waals surface area contributed by atoms with E-state index in [0.717, 1.165) is 39.1 Å². The Bertz CT molecular complexity index is 369. The first kappa shape index (κ1) is 12.4. The standard InChI is InChI=1S/C13H17ClN2O/c14-13(17)16-8-4-7-15(9-10-16)11-12-5-2-1-3-6-12/h1-3,5-6H,4,7-11H2. The molecule has 1 aromatic carbocycles. The summed E-state index contributed by atoms with van der Waals surface area (Å²) in [5, 5.41) is -0.327. The molecule has 0 N–H and O–H groups in total. The maximum Gasteiger partial charge on any atom is 0.316 e. The molecule has 0 saturated carbocycles. The van der Waals surface area contributed by atoms with Crippen molar-refractivity contribution in [3.05, 3.63) is 35.9 Å². The summed E-state index contributed by atoms with van der Waals surface area (Å²) in [4.78, 5) is 15.2. The van der Waals surface area contributed by atoms with Gasteiger partial charge in [-0.05, 0) is 23.6 Å². The molecule has 1 saturated heterocycles. The first-order chi connectivity index (χ1) is 8.25. The summed E-state index contributed by atoms with van der Waals surface area (Å²) in [6.07, 6.45) is 0.991. The Morgan fingerprint density at radius 3 is 2.59 bits per heavy atom. The molecule has 1 aromatic rings. The van der Waals surface area contributed by atoms with E-state index in [4.69, 9.17) is 11.6 Å². The van der Waals surface area contributed by atoms with E-state index in [1.807, 2.05) is 6.07 Å². The first-order valence-corrected chi connectivity index (χ1v) is 6.34. The van der Waals surface area contributed by atoms with Crippen LogP contribution in [0.3, 0.4) is 0 Å². The van der Waals surface area contributed by atoms with Crippen LogP contribution in [0, 0.1) is 0 Å². The van der Waals surface area contributed by atoms with Crippen molar-refractivity contribution in [3.8, 4) is 0 Å². The van der Waals surface area contributed by atoms with Gasteiger partial charge in [-0.3, -0.25) is 9.69 Å². The lowest BCUT2D eigenvalue weighted by Gasteiger charge is -2.20. The number of carbonyl (C=O) groups is 1. The first-order valence-electron chi connectivity index (χ1n) is 5.96. The number of rotatable bonds is 2. The summed E-state index contributed by atoms with van der Waals surface area (Å²) in [5.41, 5.74) is 1.32. The molecule has 4 heteroatoms. The molecule has 0 radical (unpaired) electrons. The van der Waals surface area contributed by atoms with Crippen LogP contribution in [0.4, 0.5) is 4.79 Å². The van der Waals surface area contributed by atoms with Crippen LogP contribution in [0.15, 0.2) is 30.3 Å². The summed E-state index contributed by atoms with van der Waals surface area (Å²) in [6, 6.07) is 10.4. The average molecular weight is 253 g/mol. The lowest BCUT2D eigenvalue weighted by molar-refractivity contribution is 0.220. The molecule has 0 aromatic heterocycles. The Hall–Kier alpha value is -1.06. The molecule has 0 bridgehead atoms. The van der Waals surface area contributed by atoms with Gasteiger partial charge < -0.3 is 4.90 Å². The summed E-state index contributed by atoms with van der Waals surface area (Å²) in [5.74, 6) is 0. The SMILES string of the molecule is O=C(Cl)N1CCCN(Cc2ccccc2)CC1. The van der Waals surface area contributed by atoms with E-state index in [0.29, 0.717) is 0 Å². The largest absolute Gasteiger partial charge is 0.328 e. The van der Waals surface area contributed by atoms with Crippen LogP contribution in [0.1, 0.15) is 12.0 Å². The molecule has 1 aliphatic heterocycles. The number of amides is 1. The number of nitrogens with zero attached hydrogens (tertiary/aromatic N) is 2. The molecule has 2 rings (SSSR count). The van der Waals surface area contributed by atoms with E-state index in [2.05, 4.69) is 29.2 Å². The number of benzene rings is 1. The van der Waals surface area contributed by atoms with Gasteiger partial charge in [0.15, 0.2) is 0 Å². The zero-order valence-electron chi connectivity index (χ0n) is 9.81. The van der Waals surface area contributed by atoms with Gasteiger partial charge in [0, 0.05) is 32.7 Å². The lowest BCUT2D eigenvalue weighted by atomic mass is 10.2. The topological polar surface area (TPSA) is 23.6 Å². The molecule has 0 unspecified atom stereocenters. The molecule has 0 atom stereocenters. The van der Waals surface area contributed by atoms with Crippen molar-refractivity contribution in [3.63, 3.8) is 0 Å². The summed E-state index contributed by atoms with van der Waals surface area (Å²) < 4.78 is 0. The summed E-state index contributed by atoms with van der Waals surface area (Å²) >= 11 is 5.51. The zero-order chi connectivity index (χ0) is 12.1. The van der Waals surface area contributed by atoms with Crippen LogP contribution < -0.4 is 0 Å². The van der Waals surface area contributed by atoms with Gasteiger partial charge in [-0.1, -0.05) is 30.3 Å². The maximum atomic E-state index is 11.1. The molecule has 0 aliphatic carbocycles. The molecule has 1 heterocycles. The molecule has 1 fully saturated rings. The van der Waals surface area contributed by atoms with E-state index in [-0.39, 0.29) is 5.37 Å². The average Bonchev–Trinajstić information content (AvgIpc) is 2.56. The minimum Gasteiger partial charge on any atom is -0.328 e. The third-order valence-corrected chi connectivity index (χ3v) is 3.33. The third kappa shape index (κ3) is 3.72. The molecular weight excluding hydrogens is 236 g/mol. The van der Waals surface area contributed by atoms with Crippen LogP contribution in [0.25, 0.3) is 0 Å². The van der Waals surface area contributed by atoms with Gasteiger partial charge in [-0.2, -0.15) is 0 Å². The van der Waals surface area contributed by atoms with Crippen molar-refractivity contribution in [2.75, 3.05) is 26.2 Å². The Morgan fingerprint density at radius 1 is 1.12 bits per heavy atom. The fourth-order valence-electron chi connectivity index (χ4n) is 2.15. The van der Waals surface area contributed by atoms with Crippen molar-refractivity contribution in [2.24, 2.45) is 0 Å². The Labute approximate surface area is 107 Å². The van der Waals surface area contributed by atoms with E-state index in [1.165, 1.54) is 5.56 Å². The van der Waals surface area contributed by atoms with Gasteiger partial charge in [0.05, 0.1) is 0 Å². The zero-order valence-corrected chi connectivity index (χ0v) is 10.6. The molecule has 17 heavy (non-hydrogen) atoms. The van der Waals surface area contributed by atoms with Crippen LogP contribution in [0.2, 0.25) is 0 Å². The van der Waals surface area contributed by atoms with Crippen molar-refractivity contribution in [1.29, 1.82) is 0 Å². The monoisotopic (exact) mass is 252 g/mol. The van der Waals surface area contributed by atoms with Crippen LogP contribution in [-0.4, -0.2) is 41.3 Å². The summed E-state index contributed by atoms with van der Waals surface area (Å²) in [7, 11) is 0. The number of halogens is 1. The Balaban J connectivity index is 1.89. The highest BCUT2D eigenvalue weighted by Crippen LogP contribution is 2.10. The number of hydrogen-bond donors (Lipinski definition) is 0. The van der Waals surface area contributed by atoms with Gasteiger partial charge in [-0.25, -0.2) is 0 Å². The minimum atomic E-state index is -0.327. The highest BCUT2D eigenvalue weighted by molar-refractivity contribution is 6.62. The lowest BCUT2D eigenvalue weighted by Crippen LogP contribution is -2.31. The highest BCUT2D eigenvalue weighted by Gasteiger charge is 2.17. The maximum absolute atomic E-state index is 11.1. The molecule has 1 amide bonds. The molecular formula is C13H17ClN2O. The van der Waals surface area contributed by atoms with Crippen molar-refractivity contribution in [1.82, 2.24) is 9.80 Å². The molecule has 0 spiro atoms. The predicted molar refractivity (Wildman–Crippen MR) is 69.2 cm³/mol. The normalized spacial score (nSPS) is 17.8. The van der Waals surface area contributed by atoms with Crippen LogP contribution in [0.5, 0.6) is 0 Å². The highest BCUT2D eigenvalue weighted by atomic mass is 35.5. The van der Waals surface area contributed by atoms with Crippen LogP contribution >= 0.6 is 11.6 Å². The second-order valence-corrected chi connectivity index (χ2v) is 4.68.